The summed E-state index contributed by atoms with van der Waals surface area (Å²) in [6, 6.07) is 7.28. The Morgan fingerprint density at radius 1 is 1.42 bits per heavy atom. The Kier molecular flexibility index (Phi) is 8.97. The summed E-state index contributed by atoms with van der Waals surface area (Å²) in [5.74, 6) is -0.541. The topological polar surface area (TPSA) is 93.5 Å². The molecule has 26 heavy (non-hydrogen) atoms. The molecule has 0 amide bonds. The van der Waals surface area contributed by atoms with Gasteiger partial charge in [0.1, 0.15) is 6.29 Å². The number of hydrogen-bond acceptors (Lipinski definition) is 6. The minimum absolute atomic E-state index is 0.0756. The van der Waals surface area contributed by atoms with Crippen molar-refractivity contribution in [2.24, 2.45) is 0 Å². The first-order valence-electron chi connectivity index (χ1n) is 8.06. The summed E-state index contributed by atoms with van der Waals surface area (Å²) in [7, 11) is 5.02. The van der Waals surface area contributed by atoms with E-state index in [0.717, 1.165) is 17.4 Å². The van der Waals surface area contributed by atoms with E-state index in [0.29, 0.717) is 5.56 Å². The van der Waals surface area contributed by atoms with Gasteiger partial charge >= 0.3 is 5.97 Å². The molecule has 1 unspecified atom stereocenters. The van der Waals surface area contributed by atoms with Gasteiger partial charge in [-0.3, -0.25) is 4.68 Å². The number of nitrogens with one attached hydrogen (secondary N) is 1. The molecule has 0 fully saturated rings. The number of methoxy groups -OCH3 is 1. The van der Waals surface area contributed by atoms with Crippen LogP contribution in [0, 0.1) is 0 Å². The van der Waals surface area contributed by atoms with Gasteiger partial charge in [0.15, 0.2) is 0 Å². The number of esters is 1. The fourth-order valence-corrected chi connectivity index (χ4v) is 2.30. The highest BCUT2D eigenvalue weighted by Gasteiger charge is 2.18. The van der Waals surface area contributed by atoms with E-state index >= 15 is 0 Å². The third kappa shape index (κ3) is 5.94. The zero-order valence-electron chi connectivity index (χ0n) is 15.3. The van der Waals surface area contributed by atoms with Crippen LogP contribution in [0.5, 0.6) is 0 Å². The summed E-state index contributed by atoms with van der Waals surface area (Å²) in [4.78, 5) is 22.0. The standard InChI is InChI=1S/C17H18N2O4.C2H7N/c1-12(17(22)23-2)9-16(21)15-6-4-3-5-14(15)13-10-18-19(11-13)7-8-20;1-3-2/h3-6,8,10-11,16,21H,1,7,9H2,2H3;3H,1-2H3. The van der Waals surface area contributed by atoms with E-state index in [2.05, 4.69) is 21.7 Å². The van der Waals surface area contributed by atoms with Gasteiger partial charge in [-0.2, -0.15) is 5.10 Å². The monoisotopic (exact) mass is 359 g/mol. The highest BCUT2D eigenvalue weighted by Crippen LogP contribution is 2.31. The lowest BCUT2D eigenvalue weighted by Gasteiger charge is -2.15. The molecule has 0 aliphatic heterocycles. The number of nitrogens with zero attached hydrogens (tertiary/aromatic N) is 2. The quantitative estimate of drug-likeness (QED) is 0.444. The van der Waals surface area contributed by atoms with Crippen LogP contribution in [0.25, 0.3) is 11.1 Å². The molecule has 0 aliphatic rings. The van der Waals surface area contributed by atoms with Gasteiger partial charge in [0.25, 0.3) is 0 Å². The highest BCUT2D eigenvalue weighted by atomic mass is 16.5. The maximum Gasteiger partial charge on any atom is 0.333 e. The van der Waals surface area contributed by atoms with Crippen molar-refractivity contribution in [3.05, 3.63) is 54.4 Å². The van der Waals surface area contributed by atoms with Crippen LogP contribution in [0.15, 0.2) is 48.8 Å². The zero-order chi connectivity index (χ0) is 19.5. The number of aromatic nitrogens is 2. The fourth-order valence-electron chi connectivity index (χ4n) is 2.30. The Balaban J connectivity index is 0.00000105. The van der Waals surface area contributed by atoms with Crippen LogP contribution < -0.4 is 5.32 Å². The van der Waals surface area contributed by atoms with Crippen molar-refractivity contribution in [1.29, 1.82) is 0 Å². The lowest BCUT2D eigenvalue weighted by molar-refractivity contribution is -0.136. The Hall–Kier alpha value is -2.77. The van der Waals surface area contributed by atoms with E-state index in [9.17, 15) is 14.7 Å². The normalized spacial score (nSPS) is 11.1. The number of aliphatic hydroxyl groups is 1. The number of ether oxygens (including phenoxy) is 1. The van der Waals surface area contributed by atoms with Crippen molar-refractivity contribution in [3.63, 3.8) is 0 Å². The lowest BCUT2D eigenvalue weighted by Crippen LogP contribution is -2.08. The van der Waals surface area contributed by atoms with Gasteiger partial charge in [-0.1, -0.05) is 30.8 Å². The molecule has 1 aromatic carbocycles. The number of carbonyl (C=O) groups is 2. The van der Waals surface area contributed by atoms with Gasteiger partial charge in [-0.15, -0.1) is 0 Å². The van der Waals surface area contributed by atoms with E-state index in [1.54, 1.807) is 24.5 Å². The maximum atomic E-state index is 11.4. The van der Waals surface area contributed by atoms with E-state index in [1.165, 1.54) is 11.8 Å². The molecular formula is C19H25N3O4. The van der Waals surface area contributed by atoms with Crippen LogP contribution in [-0.2, 0) is 20.9 Å². The smallest absolute Gasteiger partial charge is 0.333 e. The SMILES string of the molecule is C=C(CC(O)c1ccccc1-c1cnn(CC=O)c1)C(=O)OC.CNC. The average Bonchev–Trinajstić information content (AvgIpc) is 3.10. The zero-order valence-corrected chi connectivity index (χ0v) is 15.3. The first-order chi connectivity index (χ1) is 12.5. The molecule has 2 N–H and O–H groups in total. The Morgan fingerprint density at radius 3 is 2.69 bits per heavy atom. The summed E-state index contributed by atoms with van der Waals surface area (Å²) >= 11 is 0. The van der Waals surface area contributed by atoms with Gasteiger partial charge in [-0.25, -0.2) is 4.79 Å². The Labute approximate surface area is 153 Å². The molecule has 0 bridgehead atoms. The van der Waals surface area contributed by atoms with Crippen molar-refractivity contribution in [2.45, 2.75) is 19.1 Å². The molecular weight excluding hydrogens is 334 g/mol. The molecule has 7 nitrogen and oxygen atoms in total. The second kappa shape index (κ2) is 11.0. The Morgan fingerprint density at radius 2 is 2.08 bits per heavy atom. The van der Waals surface area contributed by atoms with Crippen molar-refractivity contribution in [1.82, 2.24) is 15.1 Å². The van der Waals surface area contributed by atoms with Gasteiger partial charge in [0.05, 0.1) is 26.0 Å². The number of rotatable bonds is 7. The van der Waals surface area contributed by atoms with Crippen LogP contribution in [-0.4, -0.2) is 48.3 Å². The van der Waals surface area contributed by atoms with Crippen molar-refractivity contribution >= 4 is 12.3 Å². The second-order valence-corrected chi connectivity index (χ2v) is 5.52. The molecule has 140 valence electrons. The Bertz CT molecular complexity index is 740. The van der Waals surface area contributed by atoms with Crippen molar-refractivity contribution < 1.29 is 19.4 Å². The van der Waals surface area contributed by atoms with Crippen molar-refractivity contribution in [2.75, 3.05) is 21.2 Å². The second-order valence-electron chi connectivity index (χ2n) is 5.52. The molecule has 1 heterocycles. The number of aliphatic hydroxyl groups excluding tert-OH is 1. The minimum atomic E-state index is -0.896. The number of aldehydes is 1. The third-order valence-electron chi connectivity index (χ3n) is 3.44. The molecule has 0 aliphatic carbocycles. The van der Waals surface area contributed by atoms with E-state index < -0.39 is 12.1 Å². The van der Waals surface area contributed by atoms with Gasteiger partial charge < -0.3 is 20.0 Å². The van der Waals surface area contributed by atoms with Gasteiger partial charge in [-0.05, 0) is 25.2 Å². The van der Waals surface area contributed by atoms with Gasteiger partial charge in [0.2, 0.25) is 0 Å². The van der Waals surface area contributed by atoms with Gasteiger partial charge in [0, 0.05) is 23.8 Å². The van der Waals surface area contributed by atoms with Crippen LogP contribution in [0.1, 0.15) is 18.1 Å². The summed E-state index contributed by atoms with van der Waals surface area (Å²) < 4.78 is 6.11. The molecule has 1 aromatic heterocycles. The van der Waals surface area contributed by atoms with Crippen LogP contribution in [0.3, 0.4) is 0 Å². The first kappa shape index (κ1) is 21.3. The predicted molar refractivity (Wildman–Crippen MR) is 99.4 cm³/mol. The average molecular weight is 359 g/mol. The largest absolute Gasteiger partial charge is 0.466 e. The summed E-state index contributed by atoms with van der Waals surface area (Å²) in [5.41, 5.74) is 2.43. The number of carbonyl (C=O) groups excluding carboxylic acids is 2. The van der Waals surface area contributed by atoms with Crippen LogP contribution >= 0.6 is 0 Å². The summed E-state index contributed by atoms with van der Waals surface area (Å²) in [6.45, 7) is 3.80. The molecule has 7 heteroatoms. The minimum Gasteiger partial charge on any atom is -0.466 e. The van der Waals surface area contributed by atoms with Crippen LogP contribution in [0.2, 0.25) is 0 Å². The first-order valence-corrected chi connectivity index (χ1v) is 8.06. The summed E-state index contributed by atoms with van der Waals surface area (Å²) in [6.07, 6.45) is 3.30. The maximum absolute atomic E-state index is 11.4. The molecule has 0 saturated heterocycles. The lowest BCUT2D eigenvalue weighted by atomic mass is 9.95. The molecule has 1 atom stereocenters. The molecule has 0 spiro atoms. The predicted octanol–water partition coefficient (Wildman–Crippen LogP) is 1.74. The van der Waals surface area contributed by atoms with E-state index in [-0.39, 0.29) is 18.5 Å². The molecule has 2 rings (SSSR count). The third-order valence-corrected chi connectivity index (χ3v) is 3.44. The molecule has 0 radical (unpaired) electrons. The highest BCUT2D eigenvalue weighted by molar-refractivity contribution is 5.87. The molecule has 2 aromatic rings. The molecule has 0 saturated carbocycles. The van der Waals surface area contributed by atoms with E-state index in [4.69, 9.17) is 0 Å². The summed E-state index contributed by atoms with van der Waals surface area (Å²) in [5, 5.41) is 17.3. The van der Waals surface area contributed by atoms with E-state index in [1.807, 2.05) is 26.2 Å². The fraction of sp³-hybridized carbons (Fsp3) is 0.316. The van der Waals surface area contributed by atoms with Crippen LogP contribution in [0.4, 0.5) is 0 Å². The number of hydrogen-bond donors (Lipinski definition) is 2. The number of benzene rings is 1. The van der Waals surface area contributed by atoms with Crippen molar-refractivity contribution in [3.8, 4) is 11.1 Å².